The SMILES string of the molecule is CC(C[Si]1(C)CCCCO1)C(=O)OCC1CO1. The molecule has 0 aromatic heterocycles. The molecule has 0 aliphatic carbocycles. The van der Waals surface area contributed by atoms with Crippen LogP contribution in [0.15, 0.2) is 0 Å². The highest BCUT2D eigenvalue weighted by molar-refractivity contribution is 6.72. The molecule has 0 radical (unpaired) electrons. The third-order valence-electron chi connectivity index (χ3n) is 3.50. The quantitative estimate of drug-likeness (QED) is 0.429. The molecular formula is C12H22O4Si. The Balaban J connectivity index is 1.73. The second kappa shape index (κ2) is 5.50. The smallest absolute Gasteiger partial charge is 0.308 e. The maximum atomic E-state index is 11.8. The Morgan fingerprint density at radius 1 is 1.53 bits per heavy atom. The summed E-state index contributed by atoms with van der Waals surface area (Å²) >= 11 is 0. The zero-order valence-corrected chi connectivity index (χ0v) is 11.7. The number of hydrogen-bond donors (Lipinski definition) is 0. The molecule has 5 heteroatoms. The van der Waals surface area contributed by atoms with Gasteiger partial charge in [0.25, 0.3) is 0 Å². The van der Waals surface area contributed by atoms with Crippen LogP contribution in [0.25, 0.3) is 0 Å². The van der Waals surface area contributed by atoms with Gasteiger partial charge in [-0.1, -0.05) is 13.3 Å². The van der Waals surface area contributed by atoms with Crippen LogP contribution < -0.4 is 0 Å². The van der Waals surface area contributed by atoms with E-state index in [0.29, 0.717) is 6.61 Å². The van der Waals surface area contributed by atoms with Gasteiger partial charge < -0.3 is 13.9 Å². The van der Waals surface area contributed by atoms with E-state index in [2.05, 4.69) is 6.55 Å². The minimum atomic E-state index is -1.64. The largest absolute Gasteiger partial charge is 0.463 e. The van der Waals surface area contributed by atoms with Crippen molar-refractivity contribution >= 4 is 14.3 Å². The van der Waals surface area contributed by atoms with Gasteiger partial charge in [-0.3, -0.25) is 4.79 Å². The summed E-state index contributed by atoms with van der Waals surface area (Å²) in [6.07, 6.45) is 2.57. The Labute approximate surface area is 104 Å². The molecule has 2 rings (SSSR count). The van der Waals surface area contributed by atoms with Crippen molar-refractivity contribution in [3.8, 4) is 0 Å². The van der Waals surface area contributed by atoms with Gasteiger partial charge in [-0.15, -0.1) is 0 Å². The highest BCUT2D eigenvalue weighted by Crippen LogP contribution is 2.29. The summed E-state index contributed by atoms with van der Waals surface area (Å²) in [5.41, 5.74) is 0. The first-order valence-corrected chi connectivity index (χ1v) is 9.33. The van der Waals surface area contributed by atoms with E-state index in [9.17, 15) is 4.79 Å². The van der Waals surface area contributed by atoms with Crippen LogP contribution in [0, 0.1) is 5.92 Å². The number of hydrogen-bond acceptors (Lipinski definition) is 4. The maximum Gasteiger partial charge on any atom is 0.308 e. The topological polar surface area (TPSA) is 48.1 Å². The van der Waals surface area contributed by atoms with E-state index in [-0.39, 0.29) is 18.0 Å². The van der Waals surface area contributed by atoms with Gasteiger partial charge in [-0.25, -0.2) is 0 Å². The van der Waals surface area contributed by atoms with Crippen molar-refractivity contribution in [1.29, 1.82) is 0 Å². The van der Waals surface area contributed by atoms with Gasteiger partial charge in [0.05, 0.1) is 12.5 Å². The highest BCUT2D eigenvalue weighted by atomic mass is 28.4. The van der Waals surface area contributed by atoms with Gasteiger partial charge in [0.15, 0.2) is 8.32 Å². The summed E-state index contributed by atoms with van der Waals surface area (Å²) in [6.45, 7) is 6.21. The lowest BCUT2D eigenvalue weighted by Crippen LogP contribution is -2.40. The highest BCUT2D eigenvalue weighted by Gasteiger charge is 2.36. The summed E-state index contributed by atoms with van der Waals surface area (Å²) in [6, 6.07) is 2.06. The third-order valence-corrected chi connectivity index (χ3v) is 7.29. The molecule has 2 aliphatic heterocycles. The van der Waals surface area contributed by atoms with E-state index in [1.807, 2.05) is 6.92 Å². The molecule has 0 aromatic carbocycles. The van der Waals surface area contributed by atoms with Crippen LogP contribution in [-0.2, 0) is 18.7 Å². The van der Waals surface area contributed by atoms with E-state index >= 15 is 0 Å². The van der Waals surface area contributed by atoms with Crippen molar-refractivity contribution in [3.63, 3.8) is 0 Å². The van der Waals surface area contributed by atoms with Gasteiger partial charge in [-0.05, 0) is 25.1 Å². The number of ether oxygens (including phenoxy) is 2. The Hall–Kier alpha value is -0.393. The lowest BCUT2D eigenvalue weighted by molar-refractivity contribution is -0.147. The van der Waals surface area contributed by atoms with Crippen molar-refractivity contribution in [2.75, 3.05) is 19.8 Å². The van der Waals surface area contributed by atoms with Crippen LogP contribution in [0.4, 0.5) is 0 Å². The fourth-order valence-corrected chi connectivity index (χ4v) is 5.93. The number of carbonyl (C=O) groups excluding carboxylic acids is 1. The second-order valence-corrected chi connectivity index (χ2v) is 9.54. The maximum absolute atomic E-state index is 11.8. The molecule has 3 atom stereocenters. The lowest BCUT2D eigenvalue weighted by Gasteiger charge is -2.33. The monoisotopic (exact) mass is 258 g/mol. The van der Waals surface area contributed by atoms with Crippen LogP contribution in [0.1, 0.15) is 19.8 Å². The molecule has 3 unspecified atom stereocenters. The summed E-state index contributed by atoms with van der Waals surface area (Å²) in [5.74, 6) is -0.132. The van der Waals surface area contributed by atoms with E-state index < -0.39 is 8.32 Å². The lowest BCUT2D eigenvalue weighted by atomic mass is 10.2. The molecule has 2 fully saturated rings. The van der Waals surface area contributed by atoms with E-state index in [1.54, 1.807) is 0 Å². The van der Waals surface area contributed by atoms with E-state index in [1.165, 1.54) is 18.9 Å². The zero-order valence-electron chi connectivity index (χ0n) is 10.7. The molecule has 0 N–H and O–H groups in total. The van der Waals surface area contributed by atoms with Crippen LogP contribution in [-0.4, -0.2) is 40.2 Å². The molecule has 17 heavy (non-hydrogen) atoms. The predicted molar refractivity (Wildman–Crippen MR) is 66.3 cm³/mol. The normalized spacial score (nSPS) is 34.1. The average molecular weight is 258 g/mol. The molecule has 0 saturated carbocycles. The first-order valence-electron chi connectivity index (χ1n) is 6.51. The van der Waals surface area contributed by atoms with Gasteiger partial charge in [0.1, 0.15) is 12.7 Å². The molecule has 0 aromatic rings. The van der Waals surface area contributed by atoms with Crippen LogP contribution in [0.3, 0.4) is 0 Å². The summed E-state index contributed by atoms with van der Waals surface area (Å²) in [5, 5.41) is 0. The number of epoxide rings is 1. The fraction of sp³-hybridized carbons (Fsp3) is 0.917. The summed E-state index contributed by atoms with van der Waals surface area (Å²) < 4.78 is 16.2. The molecule has 4 nitrogen and oxygen atoms in total. The van der Waals surface area contributed by atoms with Gasteiger partial charge in [0, 0.05) is 6.61 Å². The standard InChI is InChI=1S/C12H22O4Si/c1-10(12(13)15-8-11-7-14-11)9-17(2)6-4-3-5-16-17/h10-11H,3-9H2,1-2H3. The van der Waals surface area contributed by atoms with Gasteiger partial charge >= 0.3 is 5.97 Å². The minimum Gasteiger partial charge on any atom is -0.463 e. The van der Waals surface area contributed by atoms with Crippen molar-refractivity contribution in [2.45, 2.75) is 44.5 Å². The van der Waals surface area contributed by atoms with Crippen molar-refractivity contribution in [2.24, 2.45) is 5.92 Å². The summed E-state index contributed by atoms with van der Waals surface area (Å²) in [4.78, 5) is 11.8. The van der Waals surface area contributed by atoms with E-state index in [0.717, 1.165) is 19.3 Å². The molecular weight excluding hydrogens is 236 g/mol. The van der Waals surface area contributed by atoms with Crippen LogP contribution >= 0.6 is 0 Å². The number of esters is 1. The second-order valence-electron chi connectivity index (χ2n) is 5.45. The first-order chi connectivity index (χ1) is 8.09. The van der Waals surface area contributed by atoms with Crippen molar-refractivity contribution in [3.05, 3.63) is 0 Å². The van der Waals surface area contributed by atoms with Crippen LogP contribution in [0.2, 0.25) is 18.6 Å². The molecule has 0 spiro atoms. The molecule has 98 valence electrons. The van der Waals surface area contributed by atoms with Gasteiger partial charge in [0.2, 0.25) is 0 Å². The summed E-state index contributed by atoms with van der Waals surface area (Å²) in [7, 11) is -1.64. The third kappa shape index (κ3) is 4.08. The van der Waals surface area contributed by atoms with Crippen molar-refractivity contribution in [1.82, 2.24) is 0 Å². The van der Waals surface area contributed by atoms with Crippen molar-refractivity contribution < 1.29 is 18.7 Å². The number of carbonyl (C=O) groups is 1. The predicted octanol–water partition coefficient (Wildman–Crippen LogP) is 1.95. The number of rotatable bonds is 5. The molecule has 0 amide bonds. The Morgan fingerprint density at radius 3 is 2.88 bits per heavy atom. The minimum absolute atomic E-state index is 0.0384. The van der Waals surface area contributed by atoms with Crippen LogP contribution in [0.5, 0.6) is 0 Å². The zero-order chi connectivity index (χ0) is 12.3. The molecule has 0 bridgehead atoms. The molecule has 2 heterocycles. The molecule has 2 aliphatic rings. The van der Waals surface area contributed by atoms with E-state index in [4.69, 9.17) is 13.9 Å². The average Bonchev–Trinajstić information content (AvgIpc) is 3.10. The Kier molecular flexibility index (Phi) is 4.22. The fourth-order valence-electron chi connectivity index (χ4n) is 2.37. The Morgan fingerprint density at radius 2 is 2.29 bits per heavy atom. The van der Waals surface area contributed by atoms with Gasteiger partial charge in [-0.2, -0.15) is 0 Å². The first kappa shape index (κ1) is 13.0. The Bertz CT molecular complexity index is 272. The molecule has 2 saturated heterocycles.